The van der Waals surface area contributed by atoms with E-state index in [-0.39, 0.29) is 15.5 Å². The Kier molecular flexibility index (Phi) is 4.62. The minimum Gasteiger partial charge on any atom is -0.293 e. The van der Waals surface area contributed by atoms with E-state index in [1.54, 1.807) is 12.1 Å². The molecule has 1 atom stereocenters. The van der Waals surface area contributed by atoms with E-state index >= 15 is 0 Å². The normalized spacial score (nSPS) is 12.2. The maximum absolute atomic E-state index is 13.5. The zero-order valence-corrected chi connectivity index (χ0v) is 11.7. The molecule has 0 N–H and O–H groups in total. The standard InChI is InChI=1S/C14H9ClF2O2S/c15-11-4-2-1-3-10(11)13(18)8-20(19)14-7-9(16)5-6-12(14)17/h1-7H,8H2. The Morgan fingerprint density at radius 3 is 2.55 bits per heavy atom. The van der Waals surface area contributed by atoms with Gasteiger partial charge in [0.25, 0.3) is 0 Å². The Bertz CT molecular complexity index is 689. The van der Waals surface area contributed by atoms with E-state index in [1.165, 1.54) is 12.1 Å². The van der Waals surface area contributed by atoms with E-state index in [0.717, 1.165) is 18.2 Å². The molecule has 0 spiro atoms. The second-order valence-corrected chi connectivity index (χ2v) is 5.79. The van der Waals surface area contributed by atoms with Crippen LogP contribution < -0.4 is 0 Å². The van der Waals surface area contributed by atoms with Gasteiger partial charge in [0.15, 0.2) is 5.78 Å². The van der Waals surface area contributed by atoms with E-state index < -0.39 is 34.0 Å². The first kappa shape index (κ1) is 14.8. The van der Waals surface area contributed by atoms with E-state index in [4.69, 9.17) is 11.6 Å². The predicted molar refractivity (Wildman–Crippen MR) is 73.4 cm³/mol. The lowest BCUT2D eigenvalue weighted by Crippen LogP contribution is -2.12. The minimum atomic E-state index is -1.97. The molecule has 2 aromatic rings. The van der Waals surface area contributed by atoms with Crippen LogP contribution in [0.1, 0.15) is 10.4 Å². The molecule has 0 fully saturated rings. The molecule has 20 heavy (non-hydrogen) atoms. The van der Waals surface area contributed by atoms with Crippen LogP contribution in [0, 0.1) is 11.6 Å². The monoisotopic (exact) mass is 314 g/mol. The number of ketones is 1. The van der Waals surface area contributed by atoms with Gasteiger partial charge in [-0.2, -0.15) is 0 Å². The van der Waals surface area contributed by atoms with Crippen molar-refractivity contribution in [2.75, 3.05) is 5.75 Å². The summed E-state index contributed by atoms with van der Waals surface area (Å²) in [4.78, 5) is 11.6. The first-order valence-electron chi connectivity index (χ1n) is 5.60. The lowest BCUT2D eigenvalue weighted by molar-refractivity contribution is 0.102. The fourth-order valence-corrected chi connectivity index (χ4v) is 2.93. The van der Waals surface area contributed by atoms with Crippen molar-refractivity contribution in [3.63, 3.8) is 0 Å². The van der Waals surface area contributed by atoms with Crippen molar-refractivity contribution in [2.24, 2.45) is 0 Å². The number of hydrogen-bond donors (Lipinski definition) is 0. The van der Waals surface area contributed by atoms with Gasteiger partial charge in [0.05, 0.1) is 26.5 Å². The third kappa shape index (κ3) is 3.29. The zero-order valence-electron chi connectivity index (χ0n) is 10.1. The highest BCUT2D eigenvalue weighted by atomic mass is 35.5. The zero-order chi connectivity index (χ0) is 14.7. The third-order valence-electron chi connectivity index (χ3n) is 2.57. The van der Waals surface area contributed by atoms with Gasteiger partial charge in [0.1, 0.15) is 11.6 Å². The Balaban J connectivity index is 2.22. The van der Waals surface area contributed by atoms with Crippen LogP contribution >= 0.6 is 11.6 Å². The maximum Gasteiger partial charge on any atom is 0.177 e. The van der Waals surface area contributed by atoms with Crippen molar-refractivity contribution in [1.29, 1.82) is 0 Å². The number of carbonyl (C=O) groups is 1. The van der Waals surface area contributed by atoms with Gasteiger partial charge in [-0.1, -0.05) is 23.7 Å². The summed E-state index contributed by atoms with van der Waals surface area (Å²) in [6, 6.07) is 8.91. The molecular weight excluding hydrogens is 306 g/mol. The minimum absolute atomic E-state index is 0.208. The molecule has 0 aromatic heterocycles. The van der Waals surface area contributed by atoms with Crippen molar-refractivity contribution in [3.8, 4) is 0 Å². The highest BCUT2D eigenvalue weighted by Gasteiger charge is 2.17. The number of carbonyl (C=O) groups excluding carboxylic acids is 1. The number of Topliss-reactive ketones (excluding diaryl/α,β-unsaturated/α-hetero) is 1. The Hall–Kier alpha value is -1.59. The Morgan fingerprint density at radius 2 is 1.85 bits per heavy atom. The number of hydrogen-bond acceptors (Lipinski definition) is 2. The summed E-state index contributed by atoms with van der Waals surface area (Å²) in [7, 11) is -1.97. The highest BCUT2D eigenvalue weighted by molar-refractivity contribution is 7.85. The Morgan fingerprint density at radius 1 is 1.15 bits per heavy atom. The van der Waals surface area contributed by atoms with Gasteiger partial charge in [0.2, 0.25) is 0 Å². The smallest absolute Gasteiger partial charge is 0.177 e. The van der Waals surface area contributed by atoms with E-state index in [0.29, 0.717) is 0 Å². The van der Waals surface area contributed by atoms with Crippen LogP contribution in [0.25, 0.3) is 0 Å². The van der Waals surface area contributed by atoms with Gasteiger partial charge in [0, 0.05) is 5.56 Å². The molecule has 104 valence electrons. The molecule has 2 rings (SSSR count). The van der Waals surface area contributed by atoms with E-state index in [2.05, 4.69) is 0 Å². The van der Waals surface area contributed by atoms with Gasteiger partial charge < -0.3 is 0 Å². The molecule has 0 amide bonds. The molecule has 0 heterocycles. The van der Waals surface area contributed by atoms with Crippen molar-refractivity contribution in [2.45, 2.75) is 4.90 Å². The SMILES string of the molecule is O=C(CS(=O)c1cc(F)ccc1F)c1ccccc1Cl. The lowest BCUT2D eigenvalue weighted by atomic mass is 10.1. The summed E-state index contributed by atoms with van der Waals surface area (Å²) in [6.45, 7) is 0. The van der Waals surface area contributed by atoms with Crippen LogP contribution in [-0.2, 0) is 10.8 Å². The molecule has 0 radical (unpaired) electrons. The van der Waals surface area contributed by atoms with Crippen molar-refractivity contribution < 1.29 is 17.8 Å². The average Bonchev–Trinajstić information content (AvgIpc) is 2.41. The highest BCUT2D eigenvalue weighted by Crippen LogP contribution is 2.19. The summed E-state index contributed by atoms with van der Waals surface area (Å²) >= 11 is 5.85. The van der Waals surface area contributed by atoms with Gasteiger partial charge in [-0.3, -0.25) is 9.00 Å². The third-order valence-corrected chi connectivity index (χ3v) is 4.23. The van der Waals surface area contributed by atoms with Gasteiger partial charge in [-0.15, -0.1) is 0 Å². The van der Waals surface area contributed by atoms with E-state index in [9.17, 15) is 17.8 Å². The summed E-state index contributed by atoms with van der Waals surface area (Å²) in [6.07, 6.45) is 0. The quantitative estimate of drug-likeness (QED) is 0.808. The summed E-state index contributed by atoms with van der Waals surface area (Å²) in [5, 5.41) is 0.231. The summed E-state index contributed by atoms with van der Waals surface area (Å²) in [5.41, 5.74) is 0.208. The molecule has 6 heteroatoms. The predicted octanol–water partition coefficient (Wildman–Crippen LogP) is 3.61. The fourth-order valence-electron chi connectivity index (χ4n) is 1.61. The number of rotatable bonds is 4. The maximum atomic E-state index is 13.5. The molecule has 0 bridgehead atoms. The largest absolute Gasteiger partial charge is 0.293 e. The first-order chi connectivity index (χ1) is 9.49. The number of benzene rings is 2. The first-order valence-corrected chi connectivity index (χ1v) is 7.30. The van der Waals surface area contributed by atoms with Crippen LogP contribution in [0.3, 0.4) is 0 Å². The average molecular weight is 315 g/mol. The second-order valence-electron chi connectivity index (χ2n) is 3.97. The van der Waals surface area contributed by atoms with Crippen LogP contribution in [0.2, 0.25) is 5.02 Å². The van der Waals surface area contributed by atoms with Crippen LogP contribution in [0.5, 0.6) is 0 Å². The molecule has 0 aliphatic heterocycles. The van der Waals surface area contributed by atoms with Crippen molar-refractivity contribution in [3.05, 3.63) is 64.7 Å². The lowest BCUT2D eigenvalue weighted by Gasteiger charge is -2.05. The molecule has 0 saturated heterocycles. The van der Waals surface area contributed by atoms with Gasteiger partial charge >= 0.3 is 0 Å². The second kappa shape index (κ2) is 6.24. The number of halogens is 3. The molecule has 0 aliphatic carbocycles. The van der Waals surface area contributed by atoms with Crippen molar-refractivity contribution >= 4 is 28.2 Å². The van der Waals surface area contributed by atoms with Crippen LogP contribution in [0.15, 0.2) is 47.4 Å². The molecule has 2 nitrogen and oxygen atoms in total. The topological polar surface area (TPSA) is 34.1 Å². The van der Waals surface area contributed by atoms with Crippen molar-refractivity contribution in [1.82, 2.24) is 0 Å². The fraction of sp³-hybridized carbons (Fsp3) is 0.0714. The van der Waals surface area contributed by atoms with Crippen LogP contribution in [-0.4, -0.2) is 15.7 Å². The molecular formula is C14H9ClF2O2S. The summed E-state index contributed by atoms with van der Waals surface area (Å²) in [5.74, 6) is -2.46. The summed E-state index contributed by atoms with van der Waals surface area (Å²) < 4.78 is 38.4. The van der Waals surface area contributed by atoms with Gasteiger partial charge in [-0.05, 0) is 30.3 Å². The molecule has 2 aromatic carbocycles. The molecule has 1 unspecified atom stereocenters. The Labute approximate surface area is 121 Å². The van der Waals surface area contributed by atoms with Crippen LogP contribution in [0.4, 0.5) is 8.78 Å². The molecule has 0 saturated carbocycles. The van der Waals surface area contributed by atoms with E-state index in [1.807, 2.05) is 0 Å². The van der Waals surface area contributed by atoms with Gasteiger partial charge in [-0.25, -0.2) is 8.78 Å². The molecule has 0 aliphatic rings.